The number of hydrogen-bond donors (Lipinski definition) is 1. The van der Waals surface area contributed by atoms with Crippen LogP contribution in [0.3, 0.4) is 0 Å². The molecule has 21 heavy (non-hydrogen) atoms. The normalized spacial score (nSPS) is 25.8. The van der Waals surface area contributed by atoms with Crippen molar-refractivity contribution in [3.8, 4) is 5.75 Å². The molecule has 0 radical (unpaired) electrons. The maximum absolute atomic E-state index is 5.29. The molecule has 0 bridgehead atoms. The molecule has 1 N–H and O–H groups in total. The van der Waals surface area contributed by atoms with E-state index in [9.17, 15) is 0 Å². The molecule has 0 unspecified atom stereocenters. The van der Waals surface area contributed by atoms with Crippen LogP contribution in [0.4, 0.5) is 0 Å². The molecule has 0 aliphatic heterocycles. The molecule has 0 saturated heterocycles. The summed E-state index contributed by atoms with van der Waals surface area (Å²) in [6.07, 6.45) is 5.16. The Morgan fingerprint density at radius 3 is 2.38 bits per heavy atom. The summed E-state index contributed by atoms with van der Waals surface area (Å²) in [5, 5.41) is 3.58. The fourth-order valence-corrected chi connectivity index (χ4v) is 3.33. The van der Waals surface area contributed by atoms with Crippen molar-refractivity contribution in [1.29, 1.82) is 0 Å². The van der Waals surface area contributed by atoms with Crippen LogP contribution in [0, 0.1) is 5.92 Å². The van der Waals surface area contributed by atoms with Crippen LogP contribution in [0.15, 0.2) is 24.3 Å². The van der Waals surface area contributed by atoms with Crippen LogP contribution in [-0.4, -0.2) is 33.9 Å². The molecule has 1 fully saturated rings. The lowest BCUT2D eigenvalue weighted by Gasteiger charge is -2.40. The van der Waals surface area contributed by atoms with Gasteiger partial charge in [-0.05, 0) is 49.3 Å². The average molecular weight is 291 g/mol. The van der Waals surface area contributed by atoms with Crippen LogP contribution in [0.25, 0.3) is 0 Å². The Labute approximate surface area is 129 Å². The fourth-order valence-electron chi connectivity index (χ4n) is 3.33. The van der Waals surface area contributed by atoms with Crippen molar-refractivity contribution in [2.45, 2.75) is 38.0 Å². The predicted octanol–water partition coefficient (Wildman–Crippen LogP) is 3.38. The van der Waals surface area contributed by atoms with Gasteiger partial charge in [-0.3, -0.25) is 0 Å². The minimum atomic E-state index is 0.270. The second kappa shape index (κ2) is 7.81. The molecule has 1 aromatic carbocycles. The quantitative estimate of drug-likeness (QED) is 0.781. The predicted molar refractivity (Wildman–Crippen MR) is 87.0 cm³/mol. The highest BCUT2D eigenvalue weighted by atomic mass is 16.5. The number of methoxy groups -OCH3 is 2. The van der Waals surface area contributed by atoms with Gasteiger partial charge in [0.05, 0.1) is 13.7 Å². The zero-order valence-electron chi connectivity index (χ0n) is 13.7. The summed E-state index contributed by atoms with van der Waals surface area (Å²) in [4.78, 5) is 0. The van der Waals surface area contributed by atoms with E-state index in [1.54, 1.807) is 14.2 Å². The van der Waals surface area contributed by atoms with Gasteiger partial charge in [0.25, 0.3) is 0 Å². The minimum absolute atomic E-state index is 0.270. The Hall–Kier alpha value is -1.06. The third-order valence-corrected chi connectivity index (χ3v) is 4.88. The van der Waals surface area contributed by atoms with E-state index < -0.39 is 0 Å². The summed E-state index contributed by atoms with van der Waals surface area (Å²) >= 11 is 0. The molecule has 0 atom stereocenters. The van der Waals surface area contributed by atoms with Gasteiger partial charge in [0.1, 0.15) is 5.75 Å². The number of rotatable bonds is 7. The number of nitrogens with one attached hydrogen (secondary N) is 1. The molecule has 1 saturated carbocycles. The average Bonchev–Trinajstić information content (AvgIpc) is 2.54. The van der Waals surface area contributed by atoms with Crippen molar-refractivity contribution in [2.75, 3.05) is 33.9 Å². The molecule has 0 amide bonds. The molecule has 0 aromatic heterocycles. The maximum Gasteiger partial charge on any atom is 0.118 e. The molecule has 0 heterocycles. The third kappa shape index (κ3) is 4.21. The van der Waals surface area contributed by atoms with Gasteiger partial charge >= 0.3 is 0 Å². The van der Waals surface area contributed by atoms with Crippen LogP contribution in [0.2, 0.25) is 0 Å². The topological polar surface area (TPSA) is 30.5 Å². The van der Waals surface area contributed by atoms with Gasteiger partial charge in [-0.15, -0.1) is 0 Å². The zero-order valence-corrected chi connectivity index (χ0v) is 13.7. The van der Waals surface area contributed by atoms with E-state index in [0.717, 1.165) is 31.4 Å². The smallest absolute Gasteiger partial charge is 0.118 e. The van der Waals surface area contributed by atoms with E-state index in [2.05, 4.69) is 36.5 Å². The van der Waals surface area contributed by atoms with Crippen LogP contribution >= 0.6 is 0 Å². The lowest BCUT2D eigenvalue weighted by Crippen LogP contribution is -2.42. The van der Waals surface area contributed by atoms with E-state index in [1.807, 2.05) is 0 Å². The lowest BCUT2D eigenvalue weighted by molar-refractivity contribution is 0.187. The Bertz CT molecular complexity index is 408. The Morgan fingerprint density at radius 2 is 1.81 bits per heavy atom. The van der Waals surface area contributed by atoms with E-state index in [4.69, 9.17) is 9.47 Å². The molecule has 1 aromatic rings. The Kier molecular flexibility index (Phi) is 6.07. The highest BCUT2D eigenvalue weighted by Crippen LogP contribution is 2.41. The van der Waals surface area contributed by atoms with Gasteiger partial charge in [-0.25, -0.2) is 0 Å². The van der Waals surface area contributed by atoms with Gasteiger partial charge in [-0.1, -0.05) is 19.1 Å². The van der Waals surface area contributed by atoms with E-state index >= 15 is 0 Å². The highest BCUT2D eigenvalue weighted by Gasteiger charge is 2.35. The SMILES string of the molecule is COCCNCC1(c2ccc(OC)cc2)CCC(C)CC1. The third-order valence-electron chi connectivity index (χ3n) is 4.88. The largest absolute Gasteiger partial charge is 0.497 e. The summed E-state index contributed by atoms with van der Waals surface area (Å²) in [7, 11) is 3.47. The van der Waals surface area contributed by atoms with Crippen molar-refractivity contribution >= 4 is 0 Å². The van der Waals surface area contributed by atoms with Crippen molar-refractivity contribution in [1.82, 2.24) is 5.32 Å². The first kappa shape index (κ1) is 16.3. The first-order chi connectivity index (χ1) is 10.2. The first-order valence-electron chi connectivity index (χ1n) is 8.04. The number of ether oxygens (including phenoxy) is 2. The maximum atomic E-state index is 5.29. The molecule has 1 aliphatic carbocycles. The van der Waals surface area contributed by atoms with Gasteiger partial charge in [0.2, 0.25) is 0 Å². The molecular weight excluding hydrogens is 262 g/mol. The highest BCUT2D eigenvalue weighted by molar-refractivity contribution is 5.33. The summed E-state index contributed by atoms with van der Waals surface area (Å²) in [6, 6.07) is 8.66. The molecule has 2 rings (SSSR count). The summed E-state index contributed by atoms with van der Waals surface area (Å²) in [5.74, 6) is 1.79. The van der Waals surface area contributed by atoms with Crippen molar-refractivity contribution < 1.29 is 9.47 Å². The van der Waals surface area contributed by atoms with Gasteiger partial charge < -0.3 is 14.8 Å². The van der Waals surface area contributed by atoms with Crippen LogP contribution in [0.5, 0.6) is 5.75 Å². The summed E-state index contributed by atoms with van der Waals surface area (Å²) in [5.41, 5.74) is 1.71. The van der Waals surface area contributed by atoms with Crippen molar-refractivity contribution in [3.05, 3.63) is 29.8 Å². The second-order valence-electron chi connectivity index (χ2n) is 6.36. The second-order valence-corrected chi connectivity index (χ2v) is 6.36. The molecule has 3 heteroatoms. The summed E-state index contributed by atoms with van der Waals surface area (Å²) < 4.78 is 10.4. The molecule has 0 spiro atoms. The number of hydrogen-bond acceptors (Lipinski definition) is 3. The van der Waals surface area contributed by atoms with Gasteiger partial charge in [-0.2, -0.15) is 0 Å². The number of benzene rings is 1. The van der Waals surface area contributed by atoms with Crippen LogP contribution in [0.1, 0.15) is 38.2 Å². The van der Waals surface area contributed by atoms with Gasteiger partial charge in [0.15, 0.2) is 0 Å². The monoisotopic (exact) mass is 291 g/mol. The standard InChI is InChI=1S/C18H29NO2/c1-15-8-10-18(11-9-15,14-19-12-13-20-2)16-4-6-17(21-3)7-5-16/h4-7,15,19H,8-14H2,1-3H3. The van der Waals surface area contributed by atoms with Crippen molar-refractivity contribution in [3.63, 3.8) is 0 Å². The fraction of sp³-hybridized carbons (Fsp3) is 0.667. The van der Waals surface area contributed by atoms with Crippen LogP contribution in [-0.2, 0) is 10.2 Å². The lowest BCUT2D eigenvalue weighted by atomic mass is 9.67. The molecule has 3 nitrogen and oxygen atoms in total. The molecule has 118 valence electrons. The van der Waals surface area contributed by atoms with Crippen molar-refractivity contribution in [2.24, 2.45) is 5.92 Å². The first-order valence-corrected chi connectivity index (χ1v) is 8.04. The minimum Gasteiger partial charge on any atom is -0.497 e. The Balaban J connectivity index is 2.10. The van der Waals surface area contributed by atoms with E-state index in [1.165, 1.54) is 31.2 Å². The Morgan fingerprint density at radius 1 is 1.14 bits per heavy atom. The van der Waals surface area contributed by atoms with E-state index in [-0.39, 0.29) is 5.41 Å². The molecular formula is C18H29NO2. The molecule has 1 aliphatic rings. The summed E-state index contributed by atoms with van der Waals surface area (Å²) in [6.45, 7) is 5.10. The van der Waals surface area contributed by atoms with E-state index in [0.29, 0.717) is 0 Å². The van der Waals surface area contributed by atoms with Crippen LogP contribution < -0.4 is 10.1 Å². The zero-order chi connectivity index (χ0) is 15.1. The van der Waals surface area contributed by atoms with Gasteiger partial charge in [0, 0.05) is 25.6 Å².